The molecule has 2 N–H and O–H groups in total. The number of hydrogen-bond acceptors (Lipinski definition) is 5. The number of carbonyl (C=O) groups excluding carboxylic acids is 1. The van der Waals surface area contributed by atoms with Gasteiger partial charge in [0.2, 0.25) is 0 Å². The molecule has 0 aliphatic rings. The third-order valence-electron chi connectivity index (χ3n) is 3.99. The molecule has 2 aromatic carbocycles. The standard InChI is InChI=1S/C20H20N2O5/c1-26-17-8-7-15(11-18(17)27-2)16(12-19(23)24)22-20(25)14-5-3-13(4-6-14)9-10-21/h3-8,11,16H,9,12H2,1-2H3,(H,22,25)(H,23,24). The topological polar surface area (TPSA) is 109 Å². The summed E-state index contributed by atoms with van der Waals surface area (Å²) in [6, 6.07) is 12.9. The molecule has 0 aliphatic carbocycles. The number of hydrogen-bond donors (Lipinski definition) is 2. The molecule has 0 fully saturated rings. The smallest absolute Gasteiger partial charge is 0.305 e. The first-order valence-corrected chi connectivity index (χ1v) is 8.19. The van der Waals surface area contributed by atoms with Gasteiger partial charge in [0.1, 0.15) is 0 Å². The molecule has 0 saturated carbocycles. The number of aliphatic carboxylic acids is 1. The maximum absolute atomic E-state index is 12.5. The molecular weight excluding hydrogens is 348 g/mol. The Labute approximate surface area is 157 Å². The monoisotopic (exact) mass is 368 g/mol. The van der Waals surface area contributed by atoms with Gasteiger partial charge in [-0.1, -0.05) is 18.2 Å². The van der Waals surface area contributed by atoms with Crippen LogP contribution in [0.1, 0.15) is 33.9 Å². The van der Waals surface area contributed by atoms with Gasteiger partial charge in [0.15, 0.2) is 11.5 Å². The molecule has 0 radical (unpaired) electrons. The number of ether oxygens (including phenoxy) is 2. The van der Waals surface area contributed by atoms with Crippen LogP contribution >= 0.6 is 0 Å². The number of nitrogens with one attached hydrogen (secondary N) is 1. The lowest BCUT2D eigenvalue weighted by atomic mass is 10.0. The van der Waals surface area contributed by atoms with Crippen molar-refractivity contribution < 1.29 is 24.2 Å². The molecule has 1 unspecified atom stereocenters. The van der Waals surface area contributed by atoms with Crippen molar-refractivity contribution in [3.8, 4) is 17.6 Å². The SMILES string of the molecule is COc1ccc(C(CC(=O)O)NC(=O)c2ccc(CC#N)cc2)cc1OC. The Hall–Kier alpha value is -3.53. The quantitative estimate of drug-likeness (QED) is 0.741. The molecule has 1 amide bonds. The van der Waals surface area contributed by atoms with Gasteiger partial charge in [-0.25, -0.2) is 0 Å². The zero-order chi connectivity index (χ0) is 19.8. The van der Waals surface area contributed by atoms with E-state index in [1.54, 1.807) is 42.5 Å². The second-order valence-corrected chi connectivity index (χ2v) is 5.77. The summed E-state index contributed by atoms with van der Waals surface area (Å²) in [7, 11) is 2.99. The molecule has 0 aromatic heterocycles. The van der Waals surface area contributed by atoms with Crippen LogP contribution < -0.4 is 14.8 Å². The van der Waals surface area contributed by atoms with Crippen molar-refractivity contribution in [2.24, 2.45) is 0 Å². The molecule has 7 heteroatoms. The van der Waals surface area contributed by atoms with Crippen molar-refractivity contribution in [1.82, 2.24) is 5.32 Å². The van der Waals surface area contributed by atoms with Gasteiger partial charge in [-0.2, -0.15) is 5.26 Å². The number of carbonyl (C=O) groups is 2. The molecule has 0 spiro atoms. The van der Waals surface area contributed by atoms with E-state index in [4.69, 9.17) is 14.7 Å². The van der Waals surface area contributed by atoms with Gasteiger partial charge >= 0.3 is 5.97 Å². The first-order chi connectivity index (χ1) is 13.0. The number of rotatable bonds is 8. The van der Waals surface area contributed by atoms with Crippen molar-refractivity contribution >= 4 is 11.9 Å². The van der Waals surface area contributed by atoms with Gasteiger partial charge in [-0.05, 0) is 35.4 Å². The van der Waals surface area contributed by atoms with Crippen LogP contribution in [-0.2, 0) is 11.2 Å². The average Bonchev–Trinajstić information content (AvgIpc) is 2.67. The summed E-state index contributed by atoms with van der Waals surface area (Å²) in [6.07, 6.45) is -0.0249. The van der Waals surface area contributed by atoms with Gasteiger partial charge < -0.3 is 19.9 Å². The van der Waals surface area contributed by atoms with Gasteiger partial charge in [0, 0.05) is 5.56 Å². The first-order valence-electron chi connectivity index (χ1n) is 8.19. The summed E-state index contributed by atoms with van der Waals surface area (Å²) >= 11 is 0. The largest absolute Gasteiger partial charge is 0.493 e. The zero-order valence-corrected chi connectivity index (χ0v) is 15.1. The van der Waals surface area contributed by atoms with Crippen LogP contribution in [0.25, 0.3) is 0 Å². The molecule has 0 bridgehead atoms. The third kappa shape index (κ3) is 5.22. The average molecular weight is 368 g/mol. The molecule has 7 nitrogen and oxygen atoms in total. The highest BCUT2D eigenvalue weighted by atomic mass is 16.5. The highest BCUT2D eigenvalue weighted by Gasteiger charge is 2.20. The second-order valence-electron chi connectivity index (χ2n) is 5.77. The summed E-state index contributed by atoms with van der Waals surface area (Å²) in [4.78, 5) is 23.8. The summed E-state index contributed by atoms with van der Waals surface area (Å²) in [6.45, 7) is 0. The minimum atomic E-state index is -1.04. The maximum atomic E-state index is 12.5. The normalized spacial score (nSPS) is 11.1. The molecule has 1 atom stereocenters. The number of benzene rings is 2. The third-order valence-corrected chi connectivity index (χ3v) is 3.99. The molecular formula is C20H20N2O5. The second kappa shape index (κ2) is 9.25. The zero-order valence-electron chi connectivity index (χ0n) is 15.1. The van der Waals surface area contributed by atoms with Gasteiger partial charge in [-0.15, -0.1) is 0 Å². The van der Waals surface area contributed by atoms with Crippen molar-refractivity contribution in [3.05, 3.63) is 59.2 Å². The predicted octanol–water partition coefficient (Wildman–Crippen LogP) is 2.72. The van der Waals surface area contributed by atoms with E-state index in [2.05, 4.69) is 5.32 Å². The lowest BCUT2D eigenvalue weighted by Crippen LogP contribution is -2.30. The minimum absolute atomic E-state index is 0.259. The van der Waals surface area contributed by atoms with E-state index >= 15 is 0 Å². The van der Waals surface area contributed by atoms with E-state index < -0.39 is 17.9 Å². The van der Waals surface area contributed by atoms with Crippen LogP contribution in [0, 0.1) is 11.3 Å². The Morgan fingerprint density at radius 2 is 1.78 bits per heavy atom. The minimum Gasteiger partial charge on any atom is -0.493 e. The number of nitriles is 1. The molecule has 27 heavy (non-hydrogen) atoms. The first kappa shape index (κ1) is 19.8. The Balaban J connectivity index is 2.25. The number of carboxylic acids is 1. The number of nitrogens with zero attached hydrogens (tertiary/aromatic N) is 1. The Morgan fingerprint density at radius 3 is 2.33 bits per heavy atom. The van der Waals surface area contributed by atoms with E-state index in [-0.39, 0.29) is 12.8 Å². The van der Waals surface area contributed by atoms with Crippen LogP contribution in [0.5, 0.6) is 11.5 Å². The highest BCUT2D eigenvalue weighted by molar-refractivity contribution is 5.94. The molecule has 140 valence electrons. The Bertz CT molecular complexity index is 856. The van der Waals surface area contributed by atoms with Crippen molar-refractivity contribution in [2.45, 2.75) is 18.9 Å². The fourth-order valence-corrected chi connectivity index (χ4v) is 2.60. The molecule has 0 aliphatic heterocycles. The number of carboxylic acid groups (broad SMARTS) is 1. The van der Waals surface area contributed by atoms with Crippen LogP contribution in [0.4, 0.5) is 0 Å². The molecule has 0 saturated heterocycles. The van der Waals surface area contributed by atoms with E-state index in [9.17, 15) is 14.7 Å². The molecule has 2 rings (SSSR count). The summed E-state index contributed by atoms with van der Waals surface area (Å²) in [5.74, 6) is -0.491. The Kier molecular flexibility index (Phi) is 6.78. The van der Waals surface area contributed by atoms with Crippen LogP contribution in [0.15, 0.2) is 42.5 Å². The summed E-state index contributed by atoms with van der Waals surface area (Å²) in [5.41, 5.74) is 1.77. The fourth-order valence-electron chi connectivity index (χ4n) is 2.60. The Morgan fingerprint density at radius 1 is 1.11 bits per heavy atom. The van der Waals surface area contributed by atoms with Gasteiger partial charge in [-0.3, -0.25) is 9.59 Å². The van der Waals surface area contributed by atoms with E-state index in [0.29, 0.717) is 22.6 Å². The fraction of sp³-hybridized carbons (Fsp3) is 0.250. The van der Waals surface area contributed by atoms with E-state index in [0.717, 1.165) is 5.56 Å². The van der Waals surface area contributed by atoms with Crippen LogP contribution in [0.2, 0.25) is 0 Å². The highest BCUT2D eigenvalue weighted by Crippen LogP contribution is 2.31. The van der Waals surface area contributed by atoms with Gasteiger partial charge in [0.05, 0.1) is 39.2 Å². The maximum Gasteiger partial charge on any atom is 0.305 e. The lowest BCUT2D eigenvalue weighted by molar-refractivity contribution is -0.137. The van der Waals surface area contributed by atoms with Crippen molar-refractivity contribution in [1.29, 1.82) is 5.26 Å². The van der Waals surface area contributed by atoms with Crippen molar-refractivity contribution in [2.75, 3.05) is 14.2 Å². The van der Waals surface area contributed by atoms with Crippen LogP contribution in [-0.4, -0.2) is 31.2 Å². The van der Waals surface area contributed by atoms with E-state index in [1.165, 1.54) is 14.2 Å². The number of amides is 1. The van der Waals surface area contributed by atoms with Crippen molar-refractivity contribution in [3.63, 3.8) is 0 Å². The van der Waals surface area contributed by atoms with Crippen LogP contribution in [0.3, 0.4) is 0 Å². The molecule has 0 heterocycles. The molecule has 2 aromatic rings. The van der Waals surface area contributed by atoms with E-state index in [1.807, 2.05) is 6.07 Å². The number of methoxy groups -OCH3 is 2. The summed E-state index contributed by atoms with van der Waals surface area (Å²) in [5, 5.41) is 20.7. The summed E-state index contributed by atoms with van der Waals surface area (Å²) < 4.78 is 10.4. The van der Waals surface area contributed by atoms with Gasteiger partial charge in [0.25, 0.3) is 5.91 Å². The lowest BCUT2D eigenvalue weighted by Gasteiger charge is -2.19. The predicted molar refractivity (Wildman–Crippen MR) is 97.8 cm³/mol.